The maximum Gasteiger partial charge on any atom is 0.248 e. The van der Waals surface area contributed by atoms with Crippen LogP contribution in [-0.2, 0) is 10.8 Å². The standard InChI is InChI=1S/C50H41B2NO2/c1-49(2,3)31-15-22-39-38(25-31)45-35(29-12-18-34(55)19-13-29)21-23-43-47(45)51(39)40-8-7-9-41-48(40)53(43)44-27-32(50(4,5)6)26-37-36-20-14-30(24-42(36)52(41)46(37)44)28-10-16-33(54)17-11-28/h7-27,54-55H,1-6H3. The van der Waals surface area contributed by atoms with E-state index in [9.17, 15) is 10.2 Å². The first-order chi connectivity index (χ1) is 26.4. The Morgan fingerprint density at radius 3 is 1.71 bits per heavy atom. The minimum absolute atomic E-state index is 0.000894. The van der Waals surface area contributed by atoms with Gasteiger partial charge in [0.25, 0.3) is 0 Å². The predicted molar refractivity (Wildman–Crippen MR) is 233 cm³/mol. The van der Waals surface area contributed by atoms with Crippen LogP contribution in [0.2, 0.25) is 0 Å². The average Bonchev–Trinajstić information content (AvgIpc) is 3.68. The highest BCUT2D eigenvalue weighted by atomic mass is 16.3. The van der Waals surface area contributed by atoms with Gasteiger partial charge >= 0.3 is 0 Å². The molecule has 0 bridgehead atoms. The van der Waals surface area contributed by atoms with E-state index in [-0.39, 0.29) is 35.8 Å². The molecule has 0 spiro atoms. The normalized spacial score (nSPS) is 14.0. The zero-order chi connectivity index (χ0) is 37.7. The number of anilines is 3. The van der Waals surface area contributed by atoms with Gasteiger partial charge in [-0.25, -0.2) is 0 Å². The number of aromatic hydroxyl groups is 2. The summed E-state index contributed by atoms with van der Waals surface area (Å²) in [5.41, 5.74) is 24.4. The summed E-state index contributed by atoms with van der Waals surface area (Å²) in [7, 11) is 0. The Labute approximate surface area is 324 Å². The van der Waals surface area contributed by atoms with E-state index in [1.54, 1.807) is 24.3 Å². The highest BCUT2D eigenvalue weighted by Gasteiger charge is 2.50. The molecular weight excluding hydrogens is 668 g/mol. The molecule has 0 aliphatic carbocycles. The van der Waals surface area contributed by atoms with Crippen molar-refractivity contribution in [3.8, 4) is 56.0 Å². The molecule has 2 N–H and O–H groups in total. The molecule has 0 aromatic heterocycles. The van der Waals surface area contributed by atoms with Gasteiger partial charge in [-0.15, -0.1) is 0 Å². The highest BCUT2D eigenvalue weighted by Crippen LogP contribution is 2.48. The zero-order valence-electron chi connectivity index (χ0n) is 32.1. The van der Waals surface area contributed by atoms with Gasteiger partial charge in [-0.2, -0.15) is 0 Å². The molecule has 3 nitrogen and oxygen atoms in total. The van der Waals surface area contributed by atoms with Crippen LogP contribution in [0.5, 0.6) is 11.5 Å². The fraction of sp³-hybridized carbons (Fsp3) is 0.160. The number of rotatable bonds is 2. The fourth-order valence-corrected chi connectivity index (χ4v) is 10.1. The second kappa shape index (κ2) is 10.9. The van der Waals surface area contributed by atoms with Crippen molar-refractivity contribution in [1.82, 2.24) is 0 Å². The lowest BCUT2D eigenvalue weighted by atomic mass is 9.32. The Balaban J connectivity index is 1.23. The molecule has 4 heterocycles. The van der Waals surface area contributed by atoms with Gasteiger partial charge in [0.2, 0.25) is 13.4 Å². The van der Waals surface area contributed by atoms with Crippen LogP contribution in [0.3, 0.4) is 0 Å². The quantitative estimate of drug-likeness (QED) is 0.178. The average molecular weight is 710 g/mol. The summed E-state index contributed by atoms with van der Waals surface area (Å²) in [4.78, 5) is 2.62. The highest BCUT2D eigenvalue weighted by molar-refractivity contribution is 7.05. The molecule has 11 rings (SSSR count). The first-order valence-electron chi connectivity index (χ1n) is 19.5. The molecule has 0 saturated carbocycles. The number of hydrogen-bond acceptors (Lipinski definition) is 3. The van der Waals surface area contributed by atoms with Crippen LogP contribution in [0, 0.1) is 0 Å². The molecule has 0 unspecified atom stereocenters. The molecule has 0 radical (unpaired) electrons. The summed E-state index contributed by atoms with van der Waals surface area (Å²) in [6, 6.07) is 46.2. The molecule has 0 atom stereocenters. The van der Waals surface area contributed by atoms with Crippen molar-refractivity contribution >= 4 is 63.3 Å². The topological polar surface area (TPSA) is 43.7 Å². The third kappa shape index (κ3) is 4.47. The summed E-state index contributed by atoms with van der Waals surface area (Å²) in [6.07, 6.45) is 0. The lowest BCUT2D eigenvalue weighted by molar-refractivity contribution is 0.475. The van der Waals surface area contributed by atoms with E-state index in [1.807, 2.05) is 12.1 Å². The van der Waals surface area contributed by atoms with Crippen molar-refractivity contribution in [2.24, 2.45) is 0 Å². The van der Waals surface area contributed by atoms with Crippen LogP contribution in [0.25, 0.3) is 44.5 Å². The molecule has 7 aromatic rings. The molecule has 4 aliphatic rings. The SMILES string of the molecule is CC(C)(C)c1ccc2c(c1)-c1c(-c3ccc(O)cc3)ccc3c1B2c1cccc2c1N3c1cc(C(C)(C)C)cc3c1B2c1cc(-c2ccc(O)cc2)ccc1-3. The third-order valence-electron chi connectivity index (χ3n) is 12.8. The van der Waals surface area contributed by atoms with E-state index in [0.29, 0.717) is 0 Å². The number of phenols is 2. The van der Waals surface area contributed by atoms with Gasteiger partial charge in [0.15, 0.2) is 0 Å². The molecular formula is C50H41B2NO2. The van der Waals surface area contributed by atoms with Crippen LogP contribution >= 0.6 is 0 Å². The Bertz CT molecular complexity index is 2810. The minimum atomic E-state index is -0.0574. The van der Waals surface area contributed by atoms with Crippen molar-refractivity contribution in [2.75, 3.05) is 4.90 Å². The van der Waals surface area contributed by atoms with Crippen molar-refractivity contribution in [3.63, 3.8) is 0 Å². The summed E-state index contributed by atoms with van der Waals surface area (Å²) in [5.74, 6) is 0.557. The van der Waals surface area contributed by atoms with Crippen molar-refractivity contribution in [3.05, 3.63) is 139 Å². The van der Waals surface area contributed by atoms with Gasteiger partial charge in [0, 0.05) is 17.1 Å². The first-order valence-corrected chi connectivity index (χ1v) is 19.5. The molecule has 5 heteroatoms. The second-order valence-corrected chi connectivity index (χ2v) is 18.1. The zero-order valence-corrected chi connectivity index (χ0v) is 32.1. The third-order valence-corrected chi connectivity index (χ3v) is 12.8. The van der Waals surface area contributed by atoms with Crippen molar-refractivity contribution in [1.29, 1.82) is 0 Å². The lowest BCUT2D eigenvalue weighted by Gasteiger charge is -2.43. The Hall–Kier alpha value is -5.93. The van der Waals surface area contributed by atoms with E-state index in [1.165, 1.54) is 88.8 Å². The van der Waals surface area contributed by atoms with Gasteiger partial charge in [-0.3, -0.25) is 0 Å². The van der Waals surface area contributed by atoms with Crippen LogP contribution in [-0.4, -0.2) is 23.6 Å². The van der Waals surface area contributed by atoms with Gasteiger partial charge in [0.1, 0.15) is 11.5 Å². The Kier molecular flexibility index (Phi) is 6.41. The largest absolute Gasteiger partial charge is 0.508 e. The van der Waals surface area contributed by atoms with E-state index in [0.717, 1.165) is 16.7 Å². The molecule has 0 amide bonds. The van der Waals surface area contributed by atoms with E-state index in [2.05, 4.69) is 137 Å². The van der Waals surface area contributed by atoms with Crippen molar-refractivity contribution in [2.45, 2.75) is 52.4 Å². The Morgan fingerprint density at radius 1 is 0.436 bits per heavy atom. The summed E-state index contributed by atoms with van der Waals surface area (Å²) < 4.78 is 0. The monoisotopic (exact) mass is 709 g/mol. The van der Waals surface area contributed by atoms with E-state index >= 15 is 0 Å². The van der Waals surface area contributed by atoms with E-state index < -0.39 is 0 Å². The minimum Gasteiger partial charge on any atom is -0.508 e. The number of phenolic OH excluding ortho intramolecular Hbond substituents is 2. The van der Waals surface area contributed by atoms with Crippen LogP contribution in [0.15, 0.2) is 127 Å². The van der Waals surface area contributed by atoms with Crippen LogP contribution < -0.4 is 37.7 Å². The summed E-state index contributed by atoms with van der Waals surface area (Å²) >= 11 is 0. The molecule has 0 saturated heterocycles. The molecule has 264 valence electrons. The molecule has 0 fully saturated rings. The van der Waals surface area contributed by atoms with Crippen LogP contribution in [0.4, 0.5) is 17.1 Å². The number of nitrogens with zero attached hydrogens (tertiary/aromatic N) is 1. The smallest absolute Gasteiger partial charge is 0.248 e. The molecule has 7 aromatic carbocycles. The summed E-state index contributed by atoms with van der Waals surface area (Å²) in [5, 5.41) is 20.3. The van der Waals surface area contributed by atoms with Gasteiger partial charge in [-0.1, -0.05) is 143 Å². The van der Waals surface area contributed by atoms with Crippen molar-refractivity contribution < 1.29 is 10.2 Å². The Morgan fingerprint density at radius 2 is 1.04 bits per heavy atom. The van der Waals surface area contributed by atoms with Gasteiger partial charge in [0.05, 0.1) is 0 Å². The second-order valence-electron chi connectivity index (χ2n) is 18.1. The number of para-hydroxylation sites is 1. The fourth-order valence-electron chi connectivity index (χ4n) is 10.1. The summed E-state index contributed by atoms with van der Waals surface area (Å²) in [6.45, 7) is 14.1. The first kappa shape index (κ1) is 32.5. The van der Waals surface area contributed by atoms with Crippen LogP contribution in [0.1, 0.15) is 52.7 Å². The number of benzene rings is 7. The lowest BCUT2D eigenvalue weighted by Crippen LogP contribution is -2.63. The number of hydrogen-bond donors (Lipinski definition) is 2. The van der Waals surface area contributed by atoms with Gasteiger partial charge in [-0.05, 0) is 125 Å². The maximum absolute atomic E-state index is 10.3. The van der Waals surface area contributed by atoms with Gasteiger partial charge < -0.3 is 15.1 Å². The molecule has 4 aliphatic heterocycles. The maximum atomic E-state index is 10.3. The molecule has 55 heavy (non-hydrogen) atoms. The number of fused-ring (bicyclic) bond motifs is 10. The van der Waals surface area contributed by atoms with E-state index in [4.69, 9.17) is 0 Å². The predicted octanol–water partition coefficient (Wildman–Crippen LogP) is 8.12.